The summed E-state index contributed by atoms with van der Waals surface area (Å²) in [5.41, 5.74) is 3.41. The fraction of sp³-hybridized carbons (Fsp3) is 0. The topological polar surface area (TPSA) is 67.8 Å². The molecule has 2 heterocycles. The lowest BCUT2D eigenvalue weighted by Crippen LogP contribution is -2.07. The van der Waals surface area contributed by atoms with Crippen LogP contribution >= 0.6 is 11.5 Å². The van der Waals surface area contributed by atoms with Crippen molar-refractivity contribution in [3.8, 4) is 11.3 Å². The fourth-order valence-corrected chi connectivity index (χ4v) is 2.31. The molecule has 0 aliphatic heterocycles. The Balaban J connectivity index is 1.63. The van der Waals surface area contributed by atoms with E-state index in [1.165, 1.54) is 17.6 Å². The zero-order valence-electron chi connectivity index (χ0n) is 11.5. The van der Waals surface area contributed by atoms with E-state index in [-0.39, 0.29) is 5.91 Å². The average molecular weight is 308 g/mol. The molecule has 0 spiro atoms. The summed E-state index contributed by atoms with van der Waals surface area (Å²) >= 11 is 1.31. The molecule has 22 heavy (non-hydrogen) atoms. The maximum Gasteiger partial charge on any atom is 0.248 e. The van der Waals surface area contributed by atoms with Gasteiger partial charge in [0.2, 0.25) is 5.91 Å². The third kappa shape index (κ3) is 3.62. The van der Waals surface area contributed by atoms with Crippen LogP contribution in [0, 0.1) is 0 Å². The lowest BCUT2D eigenvalue weighted by molar-refractivity contribution is -0.111. The molecule has 6 heteroatoms. The maximum absolute atomic E-state index is 11.9. The third-order valence-electron chi connectivity index (χ3n) is 2.92. The molecule has 0 saturated heterocycles. The van der Waals surface area contributed by atoms with Crippen LogP contribution in [-0.4, -0.2) is 20.5 Å². The van der Waals surface area contributed by atoms with Crippen LogP contribution in [0.2, 0.25) is 0 Å². The molecule has 0 aliphatic carbocycles. The average Bonchev–Trinajstić information content (AvgIpc) is 3.09. The predicted octanol–water partition coefficient (Wildman–Crippen LogP) is 3.25. The molecule has 0 fully saturated rings. The Kier molecular flexibility index (Phi) is 4.31. The number of carbonyl (C=O) groups excluding carboxylic acids is 1. The second-order valence-electron chi connectivity index (χ2n) is 4.48. The molecule has 1 amide bonds. The van der Waals surface area contributed by atoms with Crippen LogP contribution < -0.4 is 5.32 Å². The lowest BCUT2D eigenvalue weighted by Gasteiger charge is -2.03. The number of hydrogen-bond acceptors (Lipinski definition) is 5. The molecule has 108 valence electrons. The monoisotopic (exact) mass is 308 g/mol. The van der Waals surface area contributed by atoms with Gasteiger partial charge in [0.1, 0.15) is 5.69 Å². The molecule has 1 N–H and O–H groups in total. The van der Waals surface area contributed by atoms with Gasteiger partial charge in [-0.2, -0.15) is 0 Å². The minimum atomic E-state index is -0.188. The van der Waals surface area contributed by atoms with Gasteiger partial charge in [-0.05, 0) is 41.4 Å². The number of rotatable bonds is 4. The van der Waals surface area contributed by atoms with Crippen LogP contribution in [-0.2, 0) is 4.79 Å². The van der Waals surface area contributed by atoms with E-state index < -0.39 is 0 Å². The highest BCUT2D eigenvalue weighted by molar-refractivity contribution is 7.03. The van der Waals surface area contributed by atoms with E-state index in [0.29, 0.717) is 0 Å². The van der Waals surface area contributed by atoms with Gasteiger partial charge in [-0.3, -0.25) is 9.78 Å². The number of benzene rings is 1. The van der Waals surface area contributed by atoms with Crippen molar-refractivity contribution in [3.05, 3.63) is 65.8 Å². The quantitative estimate of drug-likeness (QED) is 0.751. The number of nitrogens with one attached hydrogen (secondary N) is 1. The number of amides is 1. The van der Waals surface area contributed by atoms with E-state index in [1.54, 1.807) is 18.5 Å². The molecule has 0 atom stereocenters. The van der Waals surface area contributed by atoms with E-state index in [9.17, 15) is 4.79 Å². The Hall–Kier alpha value is -2.86. The normalized spacial score (nSPS) is 10.7. The highest BCUT2D eigenvalue weighted by atomic mass is 32.1. The van der Waals surface area contributed by atoms with Gasteiger partial charge in [0.15, 0.2) is 0 Å². The Bertz CT molecular complexity index is 768. The zero-order valence-corrected chi connectivity index (χ0v) is 12.3. The fourth-order valence-electron chi connectivity index (χ4n) is 1.85. The number of anilines is 1. The summed E-state index contributed by atoms with van der Waals surface area (Å²) < 4.78 is 3.83. The van der Waals surface area contributed by atoms with Crippen molar-refractivity contribution in [1.29, 1.82) is 0 Å². The largest absolute Gasteiger partial charge is 0.323 e. The van der Waals surface area contributed by atoms with Crippen LogP contribution in [0.15, 0.2) is 60.2 Å². The van der Waals surface area contributed by atoms with Crippen molar-refractivity contribution in [2.45, 2.75) is 0 Å². The Morgan fingerprint density at radius 1 is 1.18 bits per heavy atom. The van der Waals surface area contributed by atoms with Gasteiger partial charge in [-0.15, -0.1) is 5.10 Å². The van der Waals surface area contributed by atoms with Crippen LogP contribution in [0.25, 0.3) is 17.3 Å². The van der Waals surface area contributed by atoms with Gasteiger partial charge in [0.05, 0.1) is 0 Å². The van der Waals surface area contributed by atoms with E-state index in [2.05, 4.69) is 19.9 Å². The lowest BCUT2D eigenvalue weighted by atomic mass is 10.1. The van der Waals surface area contributed by atoms with E-state index >= 15 is 0 Å². The summed E-state index contributed by atoms with van der Waals surface area (Å²) in [6.45, 7) is 0. The summed E-state index contributed by atoms with van der Waals surface area (Å²) in [6, 6.07) is 11.2. The molecule has 0 radical (unpaired) electrons. The van der Waals surface area contributed by atoms with Gasteiger partial charge in [0, 0.05) is 35.1 Å². The van der Waals surface area contributed by atoms with Gasteiger partial charge in [-0.1, -0.05) is 22.7 Å². The second-order valence-corrected chi connectivity index (χ2v) is 5.09. The van der Waals surface area contributed by atoms with E-state index in [1.807, 2.05) is 41.8 Å². The Morgan fingerprint density at radius 2 is 2.05 bits per heavy atom. The number of aromatic nitrogens is 3. The minimum Gasteiger partial charge on any atom is -0.323 e. The first-order chi connectivity index (χ1) is 10.8. The number of pyridine rings is 1. The van der Waals surface area contributed by atoms with E-state index in [0.717, 1.165) is 22.5 Å². The molecular formula is C16H12N4OS. The van der Waals surface area contributed by atoms with Gasteiger partial charge in [0.25, 0.3) is 0 Å². The smallest absolute Gasteiger partial charge is 0.248 e. The van der Waals surface area contributed by atoms with Crippen LogP contribution in [0.4, 0.5) is 5.69 Å². The zero-order chi connectivity index (χ0) is 15.2. The standard InChI is InChI=1S/C16H12N4OS/c21-16(8-3-12-2-1-9-17-10-12)18-14-6-4-13(5-7-14)15-11-22-20-19-15/h1-11H,(H,18,21)/b8-3+. The van der Waals surface area contributed by atoms with Crippen molar-refractivity contribution in [2.24, 2.45) is 0 Å². The molecule has 0 aliphatic rings. The molecule has 3 aromatic rings. The first-order valence-electron chi connectivity index (χ1n) is 6.58. The van der Waals surface area contributed by atoms with Crippen molar-refractivity contribution in [3.63, 3.8) is 0 Å². The highest BCUT2D eigenvalue weighted by Gasteiger charge is 2.02. The number of nitrogens with zero attached hydrogens (tertiary/aromatic N) is 3. The van der Waals surface area contributed by atoms with Gasteiger partial charge >= 0.3 is 0 Å². The molecule has 0 bridgehead atoms. The third-order valence-corrected chi connectivity index (χ3v) is 3.42. The van der Waals surface area contributed by atoms with Crippen LogP contribution in [0.1, 0.15) is 5.56 Å². The maximum atomic E-state index is 11.9. The Labute approximate surface area is 131 Å². The first-order valence-corrected chi connectivity index (χ1v) is 7.41. The molecule has 1 aromatic carbocycles. The number of carbonyl (C=O) groups is 1. The molecule has 0 unspecified atom stereocenters. The summed E-state index contributed by atoms with van der Waals surface area (Å²) in [5.74, 6) is -0.188. The number of hydrogen-bond donors (Lipinski definition) is 1. The summed E-state index contributed by atoms with van der Waals surface area (Å²) in [5, 5.41) is 8.69. The Morgan fingerprint density at radius 3 is 2.73 bits per heavy atom. The van der Waals surface area contributed by atoms with Crippen LogP contribution in [0.5, 0.6) is 0 Å². The summed E-state index contributed by atoms with van der Waals surface area (Å²) in [6.07, 6.45) is 6.59. The predicted molar refractivity (Wildman–Crippen MR) is 87.2 cm³/mol. The molecular weight excluding hydrogens is 296 g/mol. The van der Waals surface area contributed by atoms with Crippen molar-refractivity contribution >= 4 is 29.2 Å². The molecule has 2 aromatic heterocycles. The van der Waals surface area contributed by atoms with E-state index in [4.69, 9.17) is 0 Å². The highest BCUT2D eigenvalue weighted by Crippen LogP contribution is 2.20. The SMILES string of the molecule is O=C(/C=C/c1cccnc1)Nc1ccc(-c2csnn2)cc1. The van der Waals surface area contributed by atoms with Crippen molar-refractivity contribution in [1.82, 2.24) is 14.6 Å². The molecule has 0 saturated carbocycles. The summed E-state index contributed by atoms with van der Waals surface area (Å²) in [7, 11) is 0. The van der Waals surface area contributed by atoms with Gasteiger partial charge in [-0.25, -0.2) is 0 Å². The van der Waals surface area contributed by atoms with Gasteiger partial charge < -0.3 is 5.32 Å². The summed E-state index contributed by atoms with van der Waals surface area (Å²) in [4.78, 5) is 15.8. The molecule has 5 nitrogen and oxygen atoms in total. The van der Waals surface area contributed by atoms with Crippen LogP contribution in [0.3, 0.4) is 0 Å². The molecule has 3 rings (SSSR count). The minimum absolute atomic E-state index is 0.188. The first kappa shape index (κ1) is 14.1. The van der Waals surface area contributed by atoms with Crippen molar-refractivity contribution < 1.29 is 4.79 Å². The second kappa shape index (κ2) is 6.73. The van der Waals surface area contributed by atoms with Crippen molar-refractivity contribution in [2.75, 3.05) is 5.32 Å².